The molecule has 0 unspecified atom stereocenters. The first-order chi connectivity index (χ1) is 13.8. The SMILES string of the molecule is CCOC(=O)C(CCc1nc(-c2cccc(C)c2)cs1)(NC(C)=O)C(=O)OCC. The molecule has 1 N–H and O–H groups in total. The van der Waals surface area contributed by atoms with Crippen molar-refractivity contribution in [3.05, 3.63) is 40.2 Å². The van der Waals surface area contributed by atoms with Gasteiger partial charge in [-0.1, -0.05) is 23.8 Å². The second kappa shape index (κ2) is 10.2. The number of thiazole rings is 1. The van der Waals surface area contributed by atoms with Crippen molar-refractivity contribution in [2.75, 3.05) is 13.2 Å². The molecule has 0 spiro atoms. The molecule has 2 aromatic rings. The summed E-state index contributed by atoms with van der Waals surface area (Å²) < 4.78 is 10.2. The molecule has 156 valence electrons. The minimum absolute atomic E-state index is 0.00891. The monoisotopic (exact) mass is 418 g/mol. The Morgan fingerprint density at radius 2 is 1.79 bits per heavy atom. The summed E-state index contributed by atoms with van der Waals surface area (Å²) in [5.41, 5.74) is 1.06. The highest BCUT2D eigenvalue weighted by molar-refractivity contribution is 7.09. The molecule has 0 fully saturated rings. The molecule has 0 bridgehead atoms. The van der Waals surface area contributed by atoms with E-state index in [2.05, 4.69) is 10.3 Å². The van der Waals surface area contributed by atoms with E-state index in [-0.39, 0.29) is 19.6 Å². The fraction of sp³-hybridized carbons (Fsp3) is 0.429. The topological polar surface area (TPSA) is 94.6 Å². The first-order valence-corrected chi connectivity index (χ1v) is 10.3. The fourth-order valence-corrected chi connectivity index (χ4v) is 3.73. The fourth-order valence-electron chi connectivity index (χ4n) is 2.92. The van der Waals surface area contributed by atoms with Crippen molar-refractivity contribution in [2.45, 2.75) is 46.1 Å². The molecule has 8 heteroatoms. The van der Waals surface area contributed by atoms with Crippen LogP contribution in [0.25, 0.3) is 11.3 Å². The number of ether oxygens (including phenoxy) is 2. The Labute approximate surface area is 174 Å². The summed E-state index contributed by atoms with van der Waals surface area (Å²) >= 11 is 1.43. The number of esters is 2. The van der Waals surface area contributed by atoms with Gasteiger partial charge >= 0.3 is 11.9 Å². The largest absolute Gasteiger partial charge is 0.464 e. The van der Waals surface area contributed by atoms with Crippen LogP contribution in [0.2, 0.25) is 0 Å². The van der Waals surface area contributed by atoms with Crippen LogP contribution in [-0.2, 0) is 30.3 Å². The Morgan fingerprint density at radius 1 is 1.14 bits per heavy atom. The smallest absolute Gasteiger partial charge is 0.343 e. The maximum atomic E-state index is 12.6. The van der Waals surface area contributed by atoms with Gasteiger partial charge in [0.1, 0.15) is 0 Å². The van der Waals surface area contributed by atoms with Gasteiger partial charge in [-0.05, 0) is 33.3 Å². The lowest BCUT2D eigenvalue weighted by Crippen LogP contribution is -2.61. The van der Waals surface area contributed by atoms with Gasteiger partial charge in [-0.25, -0.2) is 14.6 Å². The van der Waals surface area contributed by atoms with Crippen LogP contribution in [0.15, 0.2) is 29.6 Å². The second-order valence-corrected chi connectivity index (χ2v) is 7.47. The number of nitrogens with one attached hydrogen (secondary N) is 1. The summed E-state index contributed by atoms with van der Waals surface area (Å²) in [7, 11) is 0. The van der Waals surface area contributed by atoms with Crippen LogP contribution in [0.4, 0.5) is 0 Å². The molecule has 0 saturated carbocycles. The normalized spacial score (nSPS) is 11.0. The average Bonchev–Trinajstić information content (AvgIpc) is 3.14. The number of hydrogen-bond donors (Lipinski definition) is 1. The van der Waals surface area contributed by atoms with E-state index in [1.807, 2.05) is 36.6 Å². The zero-order chi connectivity index (χ0) is 21.4. The third kappa shape index (κ3) is 5.63. The Kier molecular flexibility index (Phi) is 7.90. The molecule has 0 atom stereocenters. The highest BCUT2D eigenvalue weighted by atomic mass is 32.1. The number of carbonyl (C=O) groups excluding carboxylic acids is 3. The van der Waals surface area contributed by atoms with Crippen molar-refractivity contribution >= 4 is 29.2 Å². The molecule has 1 heterocycles. The van der Waals surface area contributed by atoms with Gasteiger partial charge in [0, 0.05) is 24.3 Å². The van der Waals surface area contributed by atoms with Crippen molar-refractivity contribution in [1.82, 2.24) is 10.3 Å². The van der Waals surface area contributed by atoms with Crippen LogP contribution >= 0.6 is 11.3 Å². The number of nitrogens with zero attached hydrogens (tertiary/aromatic N) is 1. The molecule has 0 radical (unpaired) electrons. The molecule has 1 amide bonds. The number of benzene rings is 1. The van der Waals surface area contributed by atoms with E-state index in [0.29, 0.717) is 6.42 Å². The number of amides is 1. The summed E-state index contributed by atoms with van der Waals surface area (Å²) in [6, 6.07) is 7.99. The lowest BCUT2D eigenvalue weighted by atomic mass is 9.93. The van der Waals surface area contributed by atoms with Gasteiger partial charge < -0.3 is 14.8 Å². The Hall–Kier alpha value is -2.74. The molecule has 2 rings (SSSR count). The molecule has 0 saturated heterocycles. The predicted molar refractivity (Wildman–Crippen MR) is 110 cm³/mol. The lowest BCUT2D eigenvalue weighted by molar-refractivity contribution is -0.168. The molecular weight excluding hydrogens is 392 g/mol. The van der Waals surface area contributed by atoms with E-state index < -0.39 is 23.4 Å². The summed E-state index contributed by atoms with van der Waals surface area (Å²) in [6.45, 7) is 6.68. The highest BCUT2D eigenvalue weighted by Crippen LogP contribution is 2.26. The Bertz CT molecular complexity index is 859. The number of aromatic nitrogens is 1. The first-order valence-electron chi connectivity index (χ1n) is 9.47. The predicted octanol–water partition coefficient (Wildman–Crippen LogP) is 3.05. The molecule has 1 aromatic carbocycles. The van der Waals surface area contributed by atoms with Crippen molar-refractivity contribution in [3.8, 4) is 11.3 Å². The van der Waals surface area contributed by atoms with E-state index in [0.717, 1.165) is 21.8 Å². The quantitative estimate of drug-likeness (QED) is 0.497. The summed E-state index contributed by atoms with van der Waals surface area (Å²) in [5.74, 6) is -2.18. The van der Waals surface area contributed by atoms with E-state index in [1.165, 1.54) is 18.3 Å². The van der Waals surface area contributed by atoms with E-state index in [4.69, 9.17) is 9.47 Å². The summed E-state index contributed by atoms with van der Waals surface area (Å²) in [6.07, 6.45) is 0.291. The van der Waals surface area contributed by atoms with Gasteiger partial charge in [-0.3, -0.25) is 4.79 Å². The minimum Gasteiger partial charge on any atom is -0.464 e. The number of aryl methyl sites for hydroxylation is 2. The van der Waals surface area contributed by atoms with Crippen molar-refractivity contribution in [3.63, 3.8) is 0 Å². The molecule has 0 aliphatic carbocycles. The van der Waals surface area contributed by atoms with Gasteiger partial charge in [-0.15, -0.1) is 11.3 Å². The zero-order valence-electron chi connectivity index (χ0n) is 17.1. The van der Waals surface area contributed by atoms with Crippen LogP contribution < -0.4 is 5.32 Å². The third-order valence-corrected chi connectivity index (χ3v) is 5.13. The van der Waals surface area contributed by atoms with Crippen LogP contribution in [0, 0.1) is 6.92 Å². The van der Waals surface area contributed by atoms with Gasteiger partial charge in [0.2, 0.25) is 11.4 Å². The zero-order valence-corrected chi connectivity index (χ0v) is 17.9. The van der Waals surface area contributed by atoms with Crippen LogP contribution in [0.3, 0.4) is 0 Å². The van der Waals surface area contributed by atoms with Gasteiger partial charge in [0.25, 0.3) is 0 Å². The molecule has 29 heavy (non-hydrogen) atoms. The van der Waals surface area contributed by atoms with E-state index in [9.17, 15) is 14.4 Å². The molecule has 0 aliphatic heterocycles. The van der Waals surface area contributed by atoms with Gasteiger partial charge in [0.05, 0.1) is 23.9 Å². The number of rotatable bonds is 9. The highest BCUT2D eigenvalue weighted by Gasteiger charge is 2.49. The average molecular weight is 419 g/mol. The first kappa shape index (κ1) is 22.5. The maximum absolute atomic E-state index is 12.6. The minimum atomic E-state index is -1.90. The summed E-state index contributed by atoms with van der Waals surface area (Å²) in [5, 5.41) is 5.14. The second-order valence-electron chi connectivity index (χ2n) is 6.52. The molecule has 0 aliphatic rings. The van der Waals surface area contributed by atoms with Crippen LogP contribution in [0.5, 0.6) is 0 Å². The van der Waals surface area contributed by atoms with Crippen molar-refractivity contribution in [1.29, 1.82) is 0 Å². The summed E-state index contributed by atoms with van der Waals surface area (Å²) in [4.78, 5) is 41.7. The molecular formula is C21H26N2O5S. The van der Waals surface area contributed by atoms with Crippen molar-refractivity contribution < 1.29 is 23.9 Å². The number of hydrogen-bond acceptors (Lipinski definition) is 7. The van der Waals surface area contributed by atoms with Gasteiger partial charge in [-0.2, -0.15) is 0 Å². The maximum Gasteiger partial charge on any atom is 0.343 e. The molecule has 7 nitrogen and oxygen atoms in total. The Balaban J connectivity index is 2.27. The van der Waals surface area contributed by atoms with Crippen LogP contribution in [-0.4, -0.2) is 41.6 Å². The standard InChI is InChI=1S/C21H26N2O5S/c1-5-27-19(25)21(23-15(4)24,20(26)28-6-2)11-10-18-22-17(13-29-18)16-9-7-8-14(3)12-16/h7-9,12-13H,5-6,10-11H2,1-4H3,(H,23,24). The van der Waals surface area contributed by atoms with E-state index in [1.54, 1.807) is 13.8 Å². The lowest BCUT2D eigenvalue weighted by Gasteiger charge is -2.29. The molecule has 1 aromatic heterocycles. The van der Waals surface area contributed by atoms with Crippen LogP contribution in [0.1, 0.15) is 37.8 Å². The Morgan fingerprint density at radius 3 is 2.34 bits per heavy atom. The van der Waals surface area contributed by atoms with Gasteiger partial charge in [0.15, 0.2) is 0 Å². The number of carbonyl (C=O) groups is 3. The third-order valence-electron chi connectivity index (χ3n) is 4.22. The van der Waals surface area contributed by atoms with Crippen molar-refractivity contribution in [2.24, 2.45) is 0 Å². The van der Waals surface area contributed by atoms with E-state index >= 15 is 0 Å².